The Bertz CT molecular complexity index is 846. The summed E-state index contributed by atoms with van der Waals surface area (Å²) in [6.07, 6.45) is 6.98. The molecule has 1 heterocycles. The highest BCUT2D eigenvalue weighted by atomic mass is 32.2. The third kappa shape index (κ3) is 4.93. The molecule has 0 aliphatic carbocycles. The molecular weight excluding hydrogens is 374 g/mol. The smallest absolute Gasteiger partial charge is 0.276 e. The molecule has 0 bridgehead atoms. The maximum atomic E-state index is 13.0. The number of sulfonamides is 1. The van der Waals surface area contributed by atoms with Gasteiger partial charge in [-0.1, -0.05) is 31.9 Å². The minimum atomic E-state index is -3.51. The van der Waals surface area contributed by atoms with Gasteiger partial charge in [0.1, 0.15) is 5.54 Å². The maximum absolute atomic E-state index is 13.0. The molecule has 1 aliphatic rings. The predicted molar refractivity (Wildman–Crippen MR) is 111 cm³/mol. The van der Waals surface area contributed by atoms with Crippen molar-refractivity contribution in [2.45, 2.75) is 51.0 Å². The van der Waals surface area contributed by atoms with Crippen molar-refractivity contribution in [2.75, 3.05) is 32.7 Å². The lowest BCUT2D eigenvalue weighted by Gasteiger charge is -2.33. The number of hydrogen-bond donors (Lipinski definition) is 2. The Kier molecular flexibility index (Phi) is 7.27. The number of hydrogen-bond acceptors (Lipinski definition) is 3. The molecule has 1 aromatic carbocycles. The molecule has 1 saturated heterocycles. The number of carbonyl (C=O) groups excluding carboxylic acids is 1. The number of aryl methyl sites for hydroxylation is 2. The van der Waals surface area contributed by atoms with Crippen LogP contribution in [0.25, 0.3) is 0 Å². The van der Waals surface area contributed by atoms with Crippen molar-refractivity contribution in [3.63, 3.8) is 0 Å². The molecule has 1 amide bonds. The number of piperazine rings is 1. The van der Waals surface area contributed by atoms with Crippen molar-refractivity contribution in [2.24, 2.45) is 0 Å². The van der Waals surface area contributed by atoms with Gasteiger partial charge in [-0.05, 0) is 43.9 Å². The minimum Gasteiger partial charge on any atom is -0.335 e. The van der Waals surface area contributed by atoms with Gasteiger partial charge >= 0.3 is 0 Å². The van der Waals surface area contributed by atoms with Gasteiger partial charge in [-0.2, -0.15) is 4.31 Å². The molecule has 0 radical (unpaired) electrons. The fourth-order valence-corrected chi connectivity index (χ4v) is 5.30. The number of quaternary nitrogens is 1. The normalized spacial score (nSPS) is 16.5. The first-order valence-corrected chi connectivity index (χ1v) is 11.3. The van der Waals surface area contributed by atoms with Crippen LogP contribution in [0.4, 0.5) is 0 Å². The van der Waals surface area contributed by atoms with E-state index in [1.165, 1.54) is 4.31 Å². The van der Waals surface area contributed by atoms with Crippen molar-refractivity contribution >= 4 is 15.9 Å². The van der Waals surface area contributed by atoms with Gasteiger partial charge in [0, 0.05) is 0 Å². The molecule has 0 saturated carbocycles. The van der Waals surface area contributed by atoms with Crippen molar-refractivity contribution in [1.82, 2.24) is 9.62 Å². The van der Waals surface area contributed by atoms with Crippen LogP contribution in [0.15, 0.2) is 23.1 Å². The van der Waals surface area contributed by atoms with E-state index >= 15 is 0 Å². The standard InChI is InChI=1S/C21H31N3O3S/c1-6-21(7-2,8-3)22-20(25)16-23-11-13-24(14-12-23)28(26,27)19-15-17(4)9-10-18(19)5/h1,9-10,15H,7-8,11-14,16H2,2-5H3,(H,22,25)/p+1. The van der Waals surface area contributed by atoms with Gasteiger partial charge in [-0.25, -0.2) is 8.42 Å². The van der Waals surface area contributed by atoms with E-state index in [0.29, 0.717) is 50.5 Å². The predicted octanol–water partition coefficient (Wildman–Crippen LogP) is 0.501. The second kappa shape index (κ2) is 9.08. The summed E-state index contributed by atoms with van der Waals surface area (Å²) < 4.78 is 27.5. The molecule has 2 rings (SSSR count). The van der Waals surface area contributed by atoms with Gasteiger partial charge in [0.15, 0.2) is 6.54 Å². The second-order valence-electron chi connectivity index (χ2n) is 7.58. The van der Waals surface area contributed by atoms with Gasteiger partial charge in [-0.3, -0.25) is 4.79 Å². The van der Waals surface area contributed by atoms with Crippen molar-refractivity contribution < 1.29 is 18.1 Å². The molecule has 1 aliphatic heterocycles. The van der Waals surface area contributed by atoms with Gasteiger partial charge in [0.25, 0.3) is 5.91 Å². The van der Waals surface area contributed by atoms with Crippen LogP contribution in [0, 0.1) is 26.2 Å². The monoisotopic (exact) mass is 406 g/mol. The lowest BCUT2D eigenvalue weighted by Crippen LogP contribution is -3.16. The average Bonchev–Trinajstić information content (AvgIpc) is 2.68. The number of benzene rings is 1. The highest BCUT2D eigenvalue weighted by Crippen LogP contribution is 2.21. The molecule has 1 aromatic rings. The van der Waals surface area contributed by atoms with E-state index in [9.17, 15) is 13.2 Å². The molecule has 1 fully saturated rings. The van der Waals surface area contributed by atoms with Crippen LogP contribution in [0.5, 0.6) is 0 Å². The Morgan fingerprint density at radius 2 is 1.86 bits per heavy atom. The molecule has 28 heavy (non-hydrogen) atoms. The minimum absolute atomic E-state index is 0.0810. The van der Waals surface area contributed by atoms with Crippen molar-refractivity contribution in [3.05, 3.63) is 29.3 Å². The molecule has 0 atom stereocenters. The molecule has 7 heteroatoms. The molecule has 0 aromatic heterocycles. The first kappa shape index (κ1) is 22.4. The summed E-state index contributed by atoms with van der Waals surface area (Å²) in [5, 5.41) is 2.98. The number of carbonyl (C=O) groups is 1. The first-order valence-electron chi connectivity index (χ1n) is 9.87. The number of rotatable bonds is 7. The molecule has 6 nitrogen and oxygen atoms in total. The van der Waals surface area contributed by atoms with Crippen LogP contribution in [-0.2, 0) is 14.8 Å². The Labute approximate surface area is 169 Å². The summed E-state index contributed by atoms with van der Waals surface area (Å²) in [4.78, 5) is 13.9. The zero-order valence-corrected chi connectivity index (χ0v) is 18.2. The number of nitrogens with one attached hydrogen (secondary N) is 2. The fourth-order valence-electron chi connectivity index (χ4n) is 3.55. The summed E-state index contributed by atoms with van der Waals surface area (Å²) in [5.74, 6) is 2.63. The summed E-state index contributed by atoms with van der Waals surface area (Å²) in [5.41, 5.74) is 1.09. The summed E-state index contributed by atoms with van der Waals surface area (Å²) in [7, 11) is -3.51. The van der Waals surface area contributed by atoms with E-state index in [-0.39, 0.29) is 5.91 Å². The molecule has 0 unspecified atom stereocenters. The molecule has 154 valence electrons. The Balaban J connectivity index is 1.98. The van der Waals surface area contributed by atoms with Gasteiger partial charge in [0.2, 0.25) is 10.0 Å². The summed E-state index contributed by atoms with van der Waals surface area (Å²) in [6.45, 7) is 9.94. The number of nitrogens with zero attached hydrogens (tertiary/aromatic N) is 1. The zero-order chi connectivity index (χ0) is 20.9. The zero-order valence-electron chi connectivity index (χ0n) is 17.3. The van der Waals surface area contributed by atoms with E-state index < -0.39 is 15.6 Å². The Morgan fingerprint density at radius 3 is 2.39 bits per heavy atom. The average molecular weight is 407 g/mol. The van der Waals surface area contributed by atoms with Crippen molar-refractivity contribution in [3.8, 4) is 12.3 Å². The van der Waals surface area contributed by atoms with Crippen LogP contribution in [0.3, 0.4) is 0 Å². The first-order chi connectivity index (χ1) is 13.2. The summed E-state index contributed by atoms with van der Waals surface area (Å²) >= 11 is 0. The van der Waals surface area contributed by atoms with Crippen LogP contribution < -0.4 is 10.2 Å². The topological polar surface area (TPSA) is 70.9 Å². The highest BCUT2D eigenvalue weighted by molar-refractivity contribution is 7.89. The van der Waals surface area contributed by atoms with Gasteiger partial charge in [-0.15, -0.1) is 6.42 Å². The molecular formula is C21H32N3O3S+. The lowest BCUT2D eigenvalue weighted by atomic mass is 9.94. The third-order valence-corrected chi connectivity index (χ3v) is 7.70. The molecule has 0 spiro atoms. The Hall–Kier alpha value is -1.88. The SMILES string of the molecule is C#CC(CC)(CC)NC(=O)C[NH+]1CCN(S(=O)(=O)c2cc(C)ccc2C)CC1. The summed E-state index contributed by atoms with van der Waals surface area (Å²) in [6, 6.07) is 5.48. The van der Waals surface area contributed by atoms with Crippen LogP contribution in [0.2, 0.25) is 0 Å². The third-order valence-electron chi connectivity index (χ3n) is 5.66. The van der Waals surface area contributed by atoms with Gasteiger partial charge < -0.3 is 10.2 Å². The van der Waals surface area contributed by atoms with Crippen LogP contribution >= 0.6 is 0 Å². The maximum Gasteiger partial charge on any atom is 0.276 e. The largest absolute Gasteiger partial charge is 0.335 e. The second-order valence-corrected chi connectivity index (χ2v) is 9.49. The van der Waals surface area contributed by atoms with E-state index in [1.54, 1.807) is 6.07 Å². The van der Waals surface area contributed by atoms with Crippen LogP contribution in [0.1, 0.15) is 37.8 Å². The van der Waals surface area contributed by atoms with E-state index in [1.807, 2.05) is 39.8 Å². The molecule has 2 N–H and O–H groups in total. The van der Waals surface area contributed by atoms with E-state index in [0.717, 1.165) is 16.0 Å². The highest BCUT2D eigenvalue weighted by Gasteiger charge is 2.33. The number of amides is 1. The van der Waals surface area contributed by atoms with E-state index in [2.05, 4.69) is 11.2 Å². The van der Waals surface area contributed by atoms with E-state index in [4.69, 9.17) is 6.42 Å². The quantitative estimate of drug-likeness (QED) is 0.648. The lowest BCUT2D eigenvalue weighted by molar-refractivity contribution is -0.895. The Morgan fingerprint density at radius 1 is 1.25 bits per heavy atom. The van der Waals surface area contributed by atoms with Crippen molar-refractivity contribution in [1.29, 1.82) is 0 Å². The van der Waals surface area contributed by atoms with Gasteiger partial charge in [0.05, 0.1) is 31.1 Å². The fraction of sp³-hybridized carbons (Fsp3) is 0.571. The van der Waals surface area contributed by atoms with Crippen LogP contribution in [-0.4, -0.2) is 56.9 Å². The number of terminal acetylenes is 1.